The van der Waals surface area contributed by atoms with Gasteiger partial charge in [-0.15, -0.1) is 0 Å². The minimum absolute atomic E-state index is 0.358. The first-order valence-corrected chi connectivity index (χ1v) is 12.2. The van der Waals surface area contributed by atoms with Crippen LogP contribution in [0.4, 0.5) is 0 Å². The predicted octanol–water partition coefficient (Wildman–Crippen LogP) is 8.56. The molecule has 2 atom stereocenters. The molecule has 4 heteroatoms. The zero-order chi connectivity index (χ0) is 22.1. The Balaban J connectivity index is 2.57. The Hall–Kier alpha value is -0.630. The van der Waals surface area contributed by atoms with Crippen molar-refractivity contribution in [3.8, 4) is 5.75 Å². The van der Waals surface area contributed by atoms with Gasteiger partial charge < -0.3 is 13.6 Å². The van der Waals surface area contributed by atoms with Gasteiger partial charge >= 0.3 is 8.60 Å². The van der Waals surface area contributed by atoms with Gasteiger partial charge in [0.05, 0.1) is 13.2 Å². The van der Waals surface area contributed by atoms with Crippen LogP contribution in [0.3, 0.4) is 0 Å². The van der Waals surface area contributed by atoms with Crippen LogP contribution in [0.5, 0.6) is 5.75 Å². The Morgan fingerprint density at radius 3 is 1.55 bits per heavy atom. The van der Waals surface area contributed by atoms with Gasteiger partial charge in [-0.1, -0.05) is 73.1 Å². The Bertz CT molecular complexity index is 529. The molecule has 168 valence electrons. The van der Waals surface area contributed by atoms with Crippen LogP contribution in [-0.4, -0.2) is 13.2 Å². The van der Waals surface area contributed by atoms with Crippen LogP contribution in [0, 0.1) is 29.6 Å². The van der Waals surface area contributed by atoms with Crippen molar-refractivity contribution in [3.05, 3.63) is 29.8 Å². The van der Waals surface area contributed by atoms with E-state index in [1.165, 1.54) is 18.4 Å². The second-order valence-corrected chi connectivity index (χ2v) is 12.3. The topological polar surface area (TPSA) is 27.7 Å². The highest BCUT2D eigenvalue weighted by Gasteiger charge is 2.20. The van der Waals surface area contributed by atoms with Gasteiger partial charge in [-0.05, 0) is 67.4 Å². The average Bonchev–Trinajstić information content (AvgIpc) is 2.61. The molecule has 2 unspecified atom stereocenters. The van der Waals surface area contributed by atoms with Crippen molar-refractivity contribution in [1.82, 2.24) is 0 Å². The highest BCUT2D eigenvalue weighted by molar-refractivity contribution is 7.42. The van der Waals surface area contributed by atoms with Crippen LogP contribution in [0.2, 0.25) is 0 Å². The Morgan fingerprint density at radius 2 is 1.17 bits per heavy atom. The lowest BCUT2D eigenvalue weighted by Gasteiger charge is -2.24. The fourth-order valence-corrected chi connectivity index (χ4v) is 3.90. The van der Waals surface area contributed by atoms with Gasteiger partial charge in [0.2, 0.25) is 0 Å². The molecule has 0 heterocycles. The van der Waals surface area contributed by atoms with Crippen LogP contribution < -0.4 is 4.52 Å². The van der Waals surface area contributed by atoms with E-state index in [-0.39, 0.29) is 0 Å². The maximum atomic E-state index is 6.12. The summed E-state index contributed by atoms with van der Waals surface area (Å²) in [5.41, 5.74) is 1.93. The summed E-state index contributed by atoms with van der Waals surface area (Å²) in [7, 11) is -1.39. The highest BCUT2D eigenvalue weighted by Crippen LogP contribution is 2.42. The monoisotopic (exact) mass is 424 g/mol. The molecule has 1 aromatic rings. The fourth-order valence-electron chi connectivity index (χ4n) is 2.68. The molecular weight excluding hydrogens is 379 g/mol. The number of benzene rings is 1. The Kier molecular flexibility index (Phi) is 11.2. The van der Waals surface area contributed by atoms with Crippen molar-refractivity contribution in [2.24, 2.45) is 22.7 Å². The van der Waals surface area contributed by atoms with Gasteiger partial charge in [0.1, 0.15) is 5.75 Å². The molecule has 0 aromatic heterocycles. The zero-order valence-corrected chi connectivity index (χ0v) is 21.3. The summed E-state index contributed by atoms with van der Waals surface area (Å²) in [5, 5.41) is 0. The number of hydrogen-bond donors (Lipinski definition) is 0. The highest BCUT2D eigenvalue weighted by atomic mass is 31.2. The Morgan fingerprint density at radius 1 is 0.759 bits per heavy atom. The lowest BCUT2D eigenvalue weighted by Crippen LogP contribution is -2.13. The summed E-state index contributed by atoms with van der Waals surface area (Å²) in [5.74, 6) is 1.79. The van der Waals surface area contributed by atoms with Crippen molar-refractivity contribution in [3.63, 3.8) is 0 Å². The molecule has 0 radical (unpaired) electrons. The first-order chi connectivity index (χ1) is 13.3. The molecule has 3 nitrogen and oxygen atoms in total. The summed E-state index contributed by atoms with van der Waals surface area (Å²) >= 11 is 0. The van der Waals surface area contributed by atoms with Gasteiger partial charge in [-0.3, -0.25) is 0 Å². The van der Waals surface area contributed by atoms with E-state index in [1.54, 1.807) is 0 Å². The van der Waals surface area contributed by atoms with Gasteiger partial charge in [0, 0.05) is 0 Å². The SMILES string of the molecule is Cc1ccc(OP(OCC(C)CCC(C)(C)C)OCC(C)CCC(C)(C)C)cc1. The molecule has 0 spiro atoms. The predicted molar refractivity (Wildman–Crippen MR) is 126 cm³/mol. The summed E-state index contributed by atoms with van der Waals surface area (Å²) in [6.07, 6.45) is 4.69. The van der Waals surface area contributed by atoms with E-state index in [0.29, 0.717) is 35.9 Å². The zero-order valence-electron chi connectivity index (χ0n) is 20.4. The molecule has 0 bridgehead atoms. The van der Waals surface area contributed by atoms with E-state index in [1.807, 2.05) is 12.1 Å². The van der Waals surface area contributed by atoms with Gasteiger partial charge in [-0.2, -0.15) is 0 Å². The first-order valence-electron chi connectivity index (χ1n) is 11.1. The van der Waals surface area contributed by atoms with Crippen LogP contribution >= 0.6 is 8.60 Å². The summed E-state index contributed by atoms with van der Waals surface area (Å²) in [6, 6.07) is 8.09. The lowest BCUT2D eigenvalue weighted by atomic mass is 9.87. The Labute approximate surface area is 181 Å². The molecule has 0 N–H and O–H groups in total. The van der Waals surface area contributed by atoms with Crippen LogP contribution in [0.25, 0.3) is 0 Å². The third kappa shape index (κ3) is 14.1. The second kappa shape index (κ2) is 12.3. The van der Waals surface area contributed by atoms with E-state index in [9.17, 15) is 0 Å². The third-order valence-corrected chi connectivity index (χ3v) is 5.98. The minimum Gasteiger partial charge on any atom is -0.427 e. The maximum absolute atomic E-state index is 6.12. The van der Waals surface area contributed by atoms with Crippen molar-refractivity contribution in [2.75, 3.05) is 13.2 Å². The largest absolute Gasteiger partial charge is 0.427 e. The quantitative estimate of drug-likeness (QED) is 0.315. The van der Waals surface area contributed by atoms with E-state index in [0.717, 1.165) is 18.6 Å². The normalized spacial score (nSPS) is 15.8. The van der Waals surface area contributed by atoms with Crippen molar-refractivity contribution in [1.29, 1.82) is 0 Å². The first kappa shape index (κ1) is 26.4. The maximum Gasteiger partial charge on any atom is 0.397 e. The molecule has 0 amide bonds. The second-order valence-electron chi connectivity index (χ2n) is 11.1. The molecular formula is C25H45O3P. The van der Waals surface area contributed by atoms with Gasteiger partial charge in [0.25, 0.3) is 0 Å². The molecule has 0 saturated carbocycles. The van der Waals surface area contributed by atoms with Gasteiger partial charge in [-0.25, -0.2) is 0 Å². The number of aryl methyl sites for hydroxylation is 1. The fraction of sp³-hybridized carbons (Fsp3) is 0.760. The average molecular weight is 425 g/mol. The third-order valence-electron chi connectivity index (χ3n) is 4.90. The van der Waals surface area contributed by atoms with Crippen LogP contribution in [-0.2, 0) is 9.05 Å². The molecule has 1 rings (SSSR count). The molecule has 29 heavy (non-hydrogen) atoms. The van der Waals surface area contributed by atoms with Crippen molar-refractivity contribution < 1.29 is 13.6 Å². The summed E-state index contributed by atoms with van der Waals surface area (Å²) in [6.45, 7) is 21.6. The molecule has 0 saturated heterocycles. The van der Waals surface area contributed by atoms with Crippen molar-refractivity contribution >= 4 is 8.60 Å². The number of hydrogen-bond acceptors (Lipinski definition) is 3. The van der Waals surface area contributed by atoms with Crippen LogP contribution in [0.1, 0.15) is 86.6 Å². The van der Waals surface area contributed by atoms with Crippen LogP contribution in [0.15, 0.2) is 24.3 Å². The van der Waals surface area contributed by atoms with Crippen molar-refractivity contribution in [2.45, 2.75) is 88.0 Å². The molecule has 0 aliphatic rings. The lowest BCUT2D eigenvalue weighted by molar-refractivity contribution is 0.155. The van der Waals surface area contributed by atoms with E-state index in [4.69, 9.17) is 13.6 Å². The molecule has 0 fully saturated rings. The number of rotatable bonds is 12. The van der Waals surface area contributed by atoms with E-state index in [2.05, 4.69) is 74.4 Å². The standard InChI is InChI=1S/C25H45O3P/c1-20-10-12-23(13-11-20)28-29(26-18-21(2)14-16-24(4,5)6)27-19-22(3)15-17-25(7,8)9/h10-13,21-22H,14-19H2,1-9H3. The van der Waals surface area contributed by atoms with E-state index < -0.39 is 8.60 Å². The smallest absolute Gasteiger partial charge is 0.397 e. The summed E-state index contributed by atoms with van der Waals surface area (Å²) < 4.78 is 18.3. The molecule has 0 aliphatic heterocycles. The summed E-state index contributed by atoms with van der Waals surface area (Å²) in [4.78, 5) is 0. The van der Waals surface area contributed by atoms with E-state index >= 15 is 0 Å². The molecule has 1 aromatic carbocycles. The minimum atomic E-state index is -1.39. The van der Waals surface area contributed by atoms with Gasteiger partial charge in [0.15, 0.2) is 0 Å². The molecule has 0 aliphatic carbocycles.